The summed E-state index contributed by atoms with van der Waals surface area (Å²) < 4.78 is 11.0. The molecule has 0 radical (unpaired) electrons. The van der Waals surface area contributed by atoms with Gasteiger partial charge in [0.15, 0.2) is 0 Å². The second-order valence-corrected chi connectivity index (χ2v) is 8.81. The summed E-state index contributed by atoms with van der Waals surface area (Å²) in [5.74, 6) is 0.284. The van der Waals surface area contributed by atoms with E-state index >= 15 is 0 Å². The first-order valence-electron chi connectivity index (χ1n) is 12.5. The van der Waals surface area contributed by atoms with Crippen molar-refractivity contribution in [1.29, 1.82) is 0 Å². The molecule has 0 spiro atoms. The minimum atomic E-state index is -0.401. The minimum Gasteiger partial charge on any atom is -0.491 e. The molecule has 3 rings (SSSR count). The molecule has 1 N–H and O–H groups in total. The molecular formula is C32H36O4. The molecule has 0 aromatic heterocycles. The van der Waals surface area contributed by atoms with Crippen molar-refractivity contribution in [1.82, 2.24) is 0 Å². The number of aliphatic hydroxyl groups is 1. The lowest BCUT2D eigenvalue weighted by Gasteiger charge is -2.16. The van der Waals surface area contributed by atoms with Crippen LogP contribution in [-0.2, 0) is 28.8 Å². The summed E-state index contributed by atoms with van der Waals surface area (Å²) in [4.78, 5) is 11.8. The Morgan fingerprint density at radius 1 is 0.917 bits per heavy atom. The van der Waals surface area contributed by atoms with E-state index < -0.39 is 5.97 Å². The molecule has 0 aliphatic carbocycles. The Morgan fingerprint density at radius 3 is 2.28 bits per heavy atom. The molecule has 0 aliphatic rings. The van der Waals surface area contributed by atoms with Crippen molar-refractivity contribution in [3.05, 3.63) is 102 Å². The quantitative estimate of drug-likeness (QED) is 0.166. The SMILES string of the molecule is C=CCCc1ccc(-c2ccc(-c3ccc(OCCO)c(CCOC(=O)C(=C)C)c3)c(CC)c2)cc1. The van der Waals surface area contributed by atoms with Crippen LogP contribution >= 0.6 is 0 Å². The van der Waals surface area contributed by atoms with E-state index in [-0.39, 0.29) is 19.8 Å². The van der Waals surface area contributed by atoms with Gasteiger partial charge in [-0.1, -0.05) is 68.1 Å². The van der Waals surface area contributed by atoms with E-state index in [2.05, 4.69) is 68.6 Å². The van der Waals surface area contributed by atoms with Gasteiger partial charge in [0.25, 0.3) is 0 Å². The van der Waals surface area contributed by atoms with Gasteiger partial charge in [0.05, 0.1) is 13.2 Å². The number of benzene rings is 3. The molecule has 0 bridgehead atoms. The highest BCUT2D eigenvalue weighted by Gasteiger charge is 2.12. The Kier molecular flexibility index (Phi) is 10.1. The van der Waals surface area contributed by atoms with Crippen LogP contribution in [0.4, 0.5) is 0 Å². The van der Waals surface area contributed by atoms with Gasteiger partial charge in [0.2, 0.25) is 0 Å². The lowest BCUT2D eigenvalue weighted by Crippen LogP contribution is -2.10. The first-order chi connectivity index (χ1) is 17.5. The lowest BCUT2D eigenvalue weighted by molar-refractivity contribution is -0.138. The predicted molar refractivity (Wildman–Crippen MR) is 147 cm³/mol. The van der Waals surface area contributed by atoms with Crippen molar-refractivity contribution in [2.75, 3.05) is 19.8 Å². The maximum absolute atomic E-state index is 11.8. The number of hydrogen-bond acceptors (Lipinski definition) is 4. The van der Waals surface area contributed by atoms with Crippen LogP contribution < -0.4 is 4.74 Å². The molecule has 4 heteroatoms. The molecule has 0 heterocycles. The van der Waals surface area contributed by atoms with E-state index in [1.165, 1.54) is 22.3 Å². The maximum Gasteiger partial charge on any atom is 0.333 e. The summed E-state index contributed by atoms with van der Waals surface area (Å²) in [5.41, 5.74) is 8.51. The number of allylic oxidation sites excluding steroid dienone is 1. The zero-order valence-electron chi connectivity index (χ0n) is 21.4. The molecule has 0 amide bonds. The molecular weight excluding hydrogens is 448 g/mol. The summed E-state index contributed by atoms with van der Waals surface area (Å²) >= 11 is 0. The van der Waals surface area contributed by atoms with E-state index in [9.17, 15) is 9.90 Å². The van der Waals surface area contributed by atoms with Gasteiger partial charge in [-0.15, -0.1) is 6.58 Å². The molecule has 0 saturated heterocycles. The van der Waals surface area contributed by atoms with Crippen LogP contribution in [0, 0.1) is 0 Å². The zero-order valence-corrected chi connectivity index (χ0v) is 21.4. The fourth-order valence-electron chi connectivity index (χ4n) is 4.10. The van der Waals surface area contributed by atoms with E-state index in [4.69, 9.17) is 9.47 Å². The van der Waals surface area contributed by atoms with Crippen molar-refractivity contribution >= 4 is 5.97 Å². The Balaban J connectivity index is 1.87. The number of carbonyl (C=O) groups is 1. The highest BCUT2D eigenvalue weighted by Crippen LogP contribution is 2.33. The minimum absolute atomic E-state index is 0.0669. The predicted octanol–water partition coefficient (Wildman–Crippen LogP) is 6.73. The normalized spacial score (nSPS) is 10.6. The van der Waals surface area contributed by atoms with Crippen LogP contribution in [0.25, 0.3) is 22.3 Å². The smallest absolute Gasteiger partial charge is 0.333 e. The fourth-order valence-corrected chi connectivity index (χ4v) is 4.10. The van der Waals surface area contributed by atoms with Crippen LogP contribution in [-0.4, -0.2) is 30.9 Å². The van der Waals surface area contributed by atoms with Crippen molar-refractivity contribution in [2.45, 2.75) is 39.5 Å². The average Bonchev–Trinajstić information content (AvgIpc) is 2.90. The monoisotopic (exact) mass is 484 g/mol. The number of aliphatic hydroxyl groups excluding tert-OH is 1. The second kappa shape index (κ2) is 13.5. The van der Waals surface area contributed by atoms with E-state index in [1.807, 2.05) is 18.2 Å². The topological polar surface area (TPSA) is 55.8 Å². The number of ether oxygens (including phenoxy) is 2. The molecule has 0 atom stereocenters. The Labute approximate surface area is 214 Å². The molecule has 3 aromatic carbocycles. The van der Waals surface area contributed by atoms with Crippen molar-refractivity contribution in [3.8, 4) is 28.0 Å². The summed E-state index contributed by atoms with van der Waals surface area (Å²) in [6, 6.07) is 21.4. The van der Waals surface area contributed by atoms with E-state index in [1.54, 1.807) is 6.92 Å². The molecule has 0 aliphatic heterocycles. The Bertz CT molecular complexity index is 1190. The first kappa shape index (κ1) is 27.0. The van der Waals surface area contributed by atoms with Gasteiger partial charge in [0, 0.05) is 12.0 Å². The molecule has 4 nitrogen and oxygen atoms in total. The fraction of sp³-hybridized carbons (Fsp3) is 0.281. The first-order valence-corrected chi connectivity index (χ1v) is 12.5. The van der Waals surface area contributed by atoms with Crippen LogP contribution in [0.2, 0.25) is 0 Å². The summed E-state index contributed by atoms with van der Waals surface area (Å²) in [6.07, 6.45) is 5.35. The number of hydrogen-bond donors (Lipinski definition) is 1. The molecule has 0 fully saturated rings. The second-order valence-electron chi connectivity index (χ2n) is 8.81. The lowest BCUT2D eigenvalue weighted by atomic mass is 9.92. The average molecular weight is 485 g/mol. The van der Waals surface area contributed by atoms with Gasteiger partial charge in [0.1, 0.15) is 12.4 Å². The molecule has 0 unspecified atom stereocenters. The largest absolute Gasteiger partial charge is 0.491 e. The van der Waals surface area contributed by atoms with Crippen LogP contribution in [0.1, 0.15) is 37.0 Å². The summed E-state index contributed by atoms with van der Waals surface area (Å²) in [5, 5.41) is 9.19. The Morgan fingerprint density at radius 2 is 1.61 bits per heavy atom. The van der Waals surface area contributed by atoms with Gasteiger partial charge in [-0.25, -0.2) is 4.79 Å². The van der Waals surface area contributed by atoms with E-state index in [0.29, 0.717) is 17.7 Å². The third-order valence-corrected chi connectivity index (χ3v) is 6.08. The zero-order chi connectivity index (χ0) is 25.9. The maximum atomic E-state index is 11.8. The third kappa shape index (κ3) is 7.19. The van der Waals surface area contributed by atoms with Crippen molar-refractivity contribution in [3.63, 3.8) is 0 Å². The van der Waals surface area contributed by atoms with Gasteiger partial charge in [-0.3, -0.25) is 0 Å². The van der Waals surface area contributed by atoms with Crippen molar-refractivity contribution < 1.29 is 19.4 Å². The molecule has 0 saturated carbocycles. The molecule has 36 heavy (non-hydrogen) atoms. The summed E-state index contributed by atoms with van der Waals surface area (Å²) in [6.45, 7) is 11.6. The van der Waals surface area contributed by atoms with Crippen LogP contribution in [0.3, 0.4) is 0 Å². The third-order valence-electron chi connectivity index (χ3n) is 6.08. The standard InChI is InChI=1S/C32H36O4/c1-5-7-8-24-9-11-26(12-10-24)27-13-15-30(25(6-2)21-27)28-14-16-31(35-20-18-33)29(22-28)17-19-36-32(34)23(3)4/h5,9-16,21-22,33H,1,3,6-8,17-20H2,2,4H3. The number of esters is 1. The number of carbonyl (C=O) groups excluding carboxylic acids is 1. The van der Waals surface area contributed by atoms with Crippen molar-refractivity contribution in [2.24, 2.45) is 0 Å². The van der Waals surface area contributed by atoms with E-state index in [0.717, 1.165) is 36.0 Å². The highest BCUT2D eigenvalue weighted by molar-refractivity contribution is 5.86. The van der Waals surface area contributed by atoms with Crippen LogP contribution in [0.15, 0.2) is 85.5 Å². The number of aryl methyl sites for hydroxylation is 2. The number of rotatable bonds is 13. The van der Waals surface area contributed by atoms with Gasteiger partial charge in [-0.05, 0) is 77.3 Å². The highest BCUT2D eigenvalue weighted by atomic mass is 16.5. The molecule has 3 aromatic rings. The molecule has 188 valence electrons. The van der Waals surface area contributed by atoms with Crippen LogP contribution in [0.5, 0.6) is 5.75 Å². The van der Waals surface area contributed by atoms with Gasteiger partial charge >= 0.3 is 5.97 Å². The van der Waals surface area contributed by atoms with Gasteiger partial charge in [-0.2, -0.15) is 0 Å². The Hall–Kier alpha value is -3.63. The van der Waals surface area contributed by atoms with Gasteiger partial charge < -0.3 is 14.6 Å². The summed E-state index contributed by atoms with van der Waals surface area (Å²) in [7, 11) is 0.